The van der Waals surface area contributed by atoms with Crippen molar-refractivity contribution in [1.29, 1.82) is 0 Å². The first-order valence-corrected chi connectivity index (χ1v) is 14.2. The predicted octanol–water partition coefficient (Wildman–Crippen LogP) is 5.45. The summed E-state index contributed by atoms with van der Waals surface area (Å²) in [5.74, 6) is 1.49. The Kier molecular flexibility index (Phi) is 5.01. The summed E-state index contributed by atoms with van der Waals surface area (Å²) in [4.78, 5) is 0. The molecule has 4 heteroatoms. The van der Waals surface area contributed by atoms with Gasteiger partial charge in [-0.3, -0.25) is 0 Å². The van der Waals surface area contributed by atoms with E-state index in [1.165, 1.54) is 44.9 Å². The van der Waals surface area contributed by atoms with Crippen LogP contribution in [0.5, 0.6) is 0 Å². The Morgan fingerprint density at radius 3 is 2.18 bits per heavy atom. The lowest BCUT2D eigenvalue weighted by Crippen LogP contribution is -2.58. The summed E-state index contributed by atoms with van der Waals surface area (Å²) in [7, 11) is 0. The van der Waals surface area contributed by atoms with Crippen molar-refractivity contribution in [2.45, 2.75) is 124 Å². The van der Waals surface area contributed by atoms with Crippen LogP contribution < -0.4 is 0 Å². The Labute approximate surface area is 206 Å². The topological polar surface area (TPSA) is 69.9 Å². The first-order chi connectivity index (χ1) is 15.8. The summed E-state index contributed by atoms with van der Waals surface area (Å²) in [5.41, 5.74) is 2.44. The van der Waals surface area contributed by atoms with Gasteiger partial charge in [0.15, 0.2) is 6.29 Å². The largest absolute Gasteiger partial charge is 0.393 e. The molecule has 0 unspecified atom stereocenters. The standard InChI is InChI=1S/C30H48O4/c1-17(2)15-19-24(32)23(25(33)34-19)18-9-11-28(6)21-8-7-20-26(3,4)22(31)10-12-29(20)16-30(21,29)14-13-27(18,28)5/h15,18-25,31-33H,7-14,16H2,1-6H3/t18-,19+,20+,21+,22+,23+,24-,25+,27-,28+,29-,30+/m1/s1. The molecule has 0 radical (unpaired) electrons. The lowest BCUT2D eigenvalue weighted by atomic mass is 9.41. The fourth-order valence-corrected chi connectivity index (χ4v) is 11.6. The van der Waals surface area contributed by atoms with E-state index in [9.17, 15) is 15.3 Å². The van der Waals surface area contributed by atoms with Crippen LogP contribution in [-0.4, -0.2) is 39.9 Å². The van der Waals surface area contributed by atoms with Crippen LogP contribution in [-0.2, 0) is 4.74 Å². The molecule has 1 aliphatic heterocycles. The third-order valence-electron chi connectivity index (χ3n) is 13.5. The van der Waals surface area contributed by atoms with Crippen LogP contribution in [0.1, 0.15) is 99.3 Å². The van der Waals surface area contributed by atoms with E-state index < -0.39 is 18.5 Å². The van der Waals surface area contributed by atoms with E-state index in [-0.39, 0.29) is 28.3 Å². The Balaban J connectivity index is 1.31. The summed E-state index contributed by atoms with van der Waals surface area (Å²) in [5, 5.41) is 33.1. The van der Waals surface area contributed by atoms with Gasteiger partial charge in [-0.1, -0.05) is 39.3 Å². The van der Waals surface area contributed by atoms with E-state index in [1.54, 1.807) is 0 Å². The number of aliphatic hydroxyl groups excluding tert-OH is 3. The first-order valence-electron chi connectivity index (χ1n) is 14.2. The summed E-state index contributed by atoms with van der Waals surface area (Å²) >= 11 is 0. The van der Waals surface area contributed by atoms with Crippen LogP contribution in [0.15, 0.2) is 11.6 Å². The lowest BCUT2D eigenvalue weighted by molar-refractivity contribution is -0.172. The summed E-state index contributed by atoms with van der Waals surface area (Å²) in [6.45, 7) is 13.8. The number of allylic oxidation sites excluding steroid dienone is 1. The minimum absolute atomic E-state index is 0.0297. The fraction of sp³-hybridized carbons (Fsp3) is 0.933. The first kappa shape index (κ1) is 23.9. The summed E-state index contributed by atoms with van der Waals surface area (Å²) < 4.78 is 5.91. The molecule has 5 saturated carbocycles. The van der Waals surface area contributed by atoms with Crippen LogP contribution in [0.3, 0.4) is 0 Å². The van der Waals surface area contributed by atoms with Crippen LogP contribution in [0.25, 0.3) is 0 Å². The zero-order valence-electron chi connectivity index (χ0n) is 22.3. The molecule has 1 heterocycles. The number of hydrogen-bond acceptors (Lipinski definition) is 4. The lowest BCUT2D eigenvalue weighted by Gasteiger charge is -2.63. The second-order valence-electron chi connectivity index (χ2n) is 14.8. The molecule has 34 heavy (non-hydrogen) atoms. The molecule has 6 fully saturated rings. The van der Waals surface area contributed by atoms with Gasteiger partial charge in [-0.05, 0) is 116 Å². The molecule has 0 amide bonds. The highest BCUT2D eigenvalue weighted by Crippen LogP contribution is 2.89. The molecule has 3 N–H and O–H groups in total. The predicted molar refractivity (Wildman–Crippen MR) is 133 cm³/mol. The molecule has 192 valence electrons. The molecule has 12 atom stereocenters. The molecule has 0 aromatic heterocycles. The van der Waals surface area contributed by atoms with Gasteiger partial charge >= 0.3 is 0 Å². The van der Waals surface area contributed by atoms with Gasteiger partial charge in [0, 0.05) is 5.92 Å². The van der Waals surface area contributed by atoms with Crippen molar-refractivity contribution in [1.82, 2.24) is 0 Å². The van der Waals surface area contributed by atoms with E-state index in [0.29, 0.717) is 22.7 Å². The van der Waals surface area contributed by atoms with E-state index in [2.05, 4.69) is 27.7 Å². The van der Waals surface area contributed by atoms with Crippen molar-refractivity contribution in [2.75, 3.05) is 0 Å². The molecular weight excluding hydrogens is 424 g/mol. The smallest absolute Gasteiger partial charge is 0.161 e. The molecule has 6 aliphatic rings. The van der Waals surface area contributed by atoms with E-state index in [0.717, 1.165) is 24.3 Å². The minimum atomic E-state index is -0.876. The van der Waals surface area contributed by atoms with Crippen molar-refractivity contribution in [2.24, 2.45) is 50.7 Å². The molecular formula is C30H48O4. The van der Waals surface area contributed by atoms with Crippen molar-refractivity contribution < 1.29 is 20.1 Å². The second-order valence-corrected chi connectivity index (χ2v) is 14.8. The highest BCUT2D eigenvalue weighted by molar-refractivity contribution is 5.31. The van der Waals surface area contributed by atoms with Crippen molar-refractivity contribution in [3.63, 3.8) is 0 Å². The van der Waals surface area contributed by atoms with Gasteiger partial charge in [-0.2, -0.15) is 0 Å². The maximum Gasteiger partial charge on any atom is 0.161 e. The highest BCUT2D eigenvalue weighted by Gasteiger charge is 2.82. The molecule has 0 aromatic rings. The van der Waals surface area contributed by atoms with Gasteiger partial charge in [-0.15, -0.1) is 0 Å². The number of fused-ring (bicyclic) bond motifs is 2. The fourth-order valence-electron chi connectivity index (χ4n) is 11.6. The quantitative estimate of drug-likeness (QED) is 0.468. The number of aliphatic hydroxyl groups is 3. The minimum Gasteiger partial charge on any atom is -0.393 e. The average molecular weight is 473 g/mol. The van der Waals surface area contributed by atoms with Gasteiger partial charge in [0.25, 0.3) is 0 Å². The molecule has 0 bridgehead atoms. The van der Waals surface area contributed by atoms with Gasteiger partial charge in [0.05, 0.1) is 12.2 Å². The van der Waals surface area contributed by atoms with Crippen molar-refractivity contribution in [3.8, 4) is 0 Å². The highest BCUT2D eigenvalue weighted by atomic mass is 16.6. The summed E-state index contributed by atoms with van der Waals surface area (Å²) in [6.07, 6.45) is 10.8. The van der Waals surface area contributed by atoms with E-state index in [4.69, 9.17) is 4.74 Å². The van der Waals surface area contributed by atoms with Gasteiger partial charge in [0.2, 0.25) is 0 Å². The number of hydrogen-bond donors (Lipinski definition) is 3. The molecule has 6 rings (SSSR count). The number of ether oxygens (including phenoxy) is 1. The van der Waals surface area contributed by atoms with Crippen LogP contribution in [0, 0.1) is 50.7 Å². The Morgan fingerprint density at radius 1 is 0.794 bits per heavy atom. The Morgan fingerprint density at radius 2 is 1.47 bits per heavy atom. The zero-order valence-corrected chi connectivity index (χ0v) is 22.3. The maximum absolute atomic E-state index is 11.3. The van der Waals surface area contributed by atoms with E-state index in [1.807, 2.05) is 19.9 Å². The SMILES string of the molecule is CC(C)=C[C@@H]1O[C@H](O)[C@@H]([C@H]2CC[C@@]3(C)[C@@H]4CC[C@H]5C(C)(C)[C@@H](O)CC[C@@]56C[C@@]46CC[C@]23C)[C@@H]1O. The normalized spacial score (nSPS) is 59.4. The van der Waals surface area contributed by atoms with Gasteiger partial charge in [0.1, 0.15) is 6.10 Å². The van der Waals surface area contributed by atoms with Crippen LogP contribution >= 0.6 is 0 Å². The average Bonchev–Trinajstić information content (AvgIpc) is 3.25. The van der Waals surface area contributed by atoms with Crippen LogP contribution in [0.2, 0.25) is 0 Å². The molecule has 2 spiro atoms. The molecule has 4 nitrogen and oxygen atoms in total. The summed E-state index contributed by atoms with van der Waals surface area (Å²) in [6, 6.07) is 0. The maximum atomic E-state index is 11.3. The third kappa shape index (κ3) is 2.65. The second kappa shape index (κ2) is 7.11. The van der Waals surface area contributed by atoms with E-state index >= 15 is 0 Å². The molecule has 0 aromatic carbocycles. The third-order valence-corrected chi connectivity index (χ3v) is 13.5. The zero-order chi connectivity index (χ0) is 24.5. The van der Waals surface area contributed by atoms with Gasteiger partial charge in [-0.25, -0.2) is 0 Å². The van der Waals surface area contributed by atoms with Gasteiger partial charge < -0.3 is 20.1 Å². The van der Waals surface area contributed by atoms with Crippen molar-refractivity contribution in [3.05, 3.63) is 11.6 Å². The van der Waals surface area contributed by atoms with Crippen LogP contribution in [0.4, 0.5) is 0 Å². The molecule has 1 saturated heterocycles. The van der Waals surface area contributed by atoms with Crippen molar-refractivity contribution >= 4 is 0 Å². The number of rotatable bonds is 2. The molecule has 5 aliphatic carbocycles. The Bertz CT molecular complexity index is 892. The Hall–Kier alpha value is -0.420. The monoisotopic (exact) mass is 472 g/mol.